The van der Waals surface area contributed by atoms with Gasteiger partial charge in [-0.15, -0.1) is 11.3 Å². The highest BCUT2D eigenvalue weighted by Crippen LogP contribution is 2.26. The molecule has 3 aromatic rings. The van der Waals surface area contributed by atoms with Crippen LogP contribution in [-0.2, 0) is 11.3 Å². The Morgan fingerprint density at radius 1 is 1.28 bits per heavy atom. The van der Waals surface area contributed by atoms with Crippen LogP contribution in [0.5, 0.6) is 0 Å². The van der Waals surface area contributed by atoms with Crippen molar-refractivity contribution in [2.45, 2.75) is 26.8 Å². The van der Waals surface area contributed by atoms with Gasteiger partial charge < -0.3 is 10.2 Å². The molecule has 0 radical (unpaired) electrons. The largest absolute Gasteiger partial charge is 0.345 e. The smallest absolute Gasteiger partial charge is 0.262 e. The number of carbonyl (C=O) groups excluding carboxylic acids is 2. The number of anilines is 1. The average Bonchev–Trinajstić information content (AvgIpc) is 2.97. The summed E-state index contributed by atoms with van der Waals surface area (Å²) in [6.45, 7) is 4.05. The number of aryl methyl sites for hydroxylation is 3. The standard InChI is InChI=1S/C20H21ClN4O3S/c1-11-12(2)29-18-17(11)20(28)25(10-22-18)8-7-16(26)23-15-9-13(5-6-14(15)21)19(27)24(3)4/h5-6,9-10H,7-8H2,1-4H3,(H,23,26). The van der Waals surface area contributed by atoms with E-state index in [9.17, 15) is 14.4 Å². The molecule has 0 unspecified atom stereocenters. The third-order valence-electron chi connectivity index (χ3n) is 4.63. The van der Waals surface area contributed by atoms with Crippen molar-refractivity contribution in [1.29, 1.82) is 0 Å². The zero-order valence-electron chi connectivity index (χ0n) is 16.6. The first-order valence-electron chi connectivity index (χ1n) is 8.95. The number of halogens is 1. The van der Waals surface area contributed by atoms with E-state index in [1.54, 1.807) is 32.3 Å². The van der Waals surface area contributed by atoms with Crippen LogP contribution in [0.25, 0.3) is 10.2 Å². The molecule has 0 saturated carbocycles. The van der Waals surface area contributed by atoms with Crippen LogP contribution in [0, 0.1) is 13.8 Å². The van der Waals surface area contributed by atoms with Crippen molar-refractivity contribution in [2.24, 2.45) is 0 Å². The van der Waals surface area contributed by atoms with Crippen molar-refractivity contribution in [3.05, 3.63) is 55.9 Å². The molecule has 0 bridgehead atoms. The number of carbonyl (C=O) groups is 2. The summed E-state index contributed by atoms with van der Waals surface area (Å²) in [6, 6.07) is 4.71. The lowest BCUT2D eigenvalue weighted by atomic mass is 10.1. The average molecular weight is 433 g/mol. The van der Waals surface area contributed by atoms with Gasteiger partial charge >= 0.3 is 0 Å². The lowest BCUT2D eigenvalue weighted by Gasteiger charge is -2.13. The Hall–Kier alpha value is -2.71. The first-order chi connectivity index (χ1) is 13.7. The molecule has 0 aliphatic heterocycles. The summed E-state index contributed by atoms with van der Waals surface area (Å²) in [5.41, 5.74) is 1.55. The highest BCUT2D eigenvalue weighted by molar-refractivity contribution is 7.18. The number of hydrogen-bond acceptors (Lipinski definition) is 5. The normalized spacial score (nSPS) is 10.9. The van der Waals surface area contributed by atoms with Crippen LogP contribution in [0.3, 0.4) is 0 Å². The zero-order chi connectivity index (χ0) is 21.3. The predicted molar refractivity (Wildman–Crippen MR) is 116 cm³/mol. The Morgan fingerprint density at radius 2 is 2.00 bits per heavy atom. The van der Waals surface area contributed by atoms with E-state index in [-0.39, 0.29) is 30.3 Å². The third kappa shape index (κ3) is 4.33. The molecular formula is C20H21ClN4O3S. The van der Waals surface area contributed by atoms with Crippen LogP contribution in [0.15, 0.2) is 29.3 Å². The van der Waals surface area contributed by atoms with Crippen LogP contribution in [0.2, 0.25) is 5.02 Å². The van der Waals surface area contributed by atoms with Gasteiger partial charge in [0.05, 0.1) is 22.4 Å². The van der Waals surface area contributed by atoms with Gasteiger partial charge in [-0.05, 0) is 37.6 Å². The molecule has 152 valence electrons. The molecule has 2 heterocycles. The Balaban J connectivity index is 1.74. The maximum absolute atomic E-state index is 12.7. The van der Waals surface area contributed by atoms with Crippen LogP contribution in [0.4, 0.5) is 5.69 Å². The van der Waals surface area contributed by atoms with E-state index in [1.807, 2.05) is 13.8 Å². The predicted octanol–water partition coefficient (Wildman–Crippen LogP) is 3.46. The summed E-state index contributed by atoms with van der Waals surface area (Å²) in [4.78, 5) is 44.8. The third-order valence-corrected chi connectivity index (χ3v) is 6.07. The van der Waals surface area contributed by atoms with Crippen molar-refractivity contribution in [3.8, 4) is 0 Å². The summed E-state index contributed by atoms with van der Waals surface area (Å²) in [7, 11) is 3.29. The molecule has 9 heteroatoms. The van der Waals surface area contributed by atoms with E-state index in [2.05, 4.69) is 10.3 Å². The van der Waals surface area contributed by atoms with E-state index in [0.29, 0.717) is 26.5 Å². The molecule has 0 saturated heterocycles. The topological polar surface area (TPSA) is 84.3 Å². The Labute approximate surface area is 176 Å². The number of nitrogens with zero attached hydrogens (tertiary/aromatic N) is 3. The lowest BCUT2D eigenvalue weighted by molar-refractivity contribution is -0.116. The molecular weight excluding hydrogens is 412 g/mol. The van der Waals surface area contributed by atoms with Gasteiger partial charge in [-0.1, -0.05) is 11.6 Å². The Bertz CT molecular complexity index is 1170. The first kappa shape index (κ1) is 21.0. The molecule has 0 aliphatic rings. The number of fused-ring (bicyclic) bond motifs is 1. The van der Waals surface area contributed by atoms with Gasteiger partial charge in [-0.3, -0.25) is 19.0 Å². The molecule has 0 aliphatic carbocycles. The maximum Gasteiger partial charge on any atom is 0.262 e. The maximum atomic E-state index is 12.7. The fraction of sp³-hybridized carbons (Fsp3) is 0.300. The van der Waals surface area contributed by atoms with Gasteiger partial charge in [0.2, 0.25) is 5.91 Å². The SMILES string of the molecule is Cc1sc2ncn(CCC(=O)Nc3cc(C(=O)N(C)C)ccc3Cl)c(=O)c2c1C. The van der Waals surface area contributed by atoms with Crippen LogP contribution < -0.4 is 10.9 Å². The highest BCUT2D eigenvalue weighted by Gasteiger charge is 2.15. The fourth-order valence-corrected chi connectivity index (χ4v) is 4.03. The van der Waals surface area contributed by atoms with E-state index < -0.39 is 0 Å². The highest BCUT2D eigenvalue weighted by atomic mass is 35.5. The van der Waals surface area contributed by atoms with E-state index in [0.717, 1.165) is 10.4 Å². The molecule has 2 amide bonds. The van der Waals surface area contributed by atoms with Crippen molar-refractivity contribution < 1.29 is 9.59 Å². The molecule has 1 aromatic carbocycles. The van der Waals surface area contributed by atoms with Crippen LogP contribution in [0.1, 0.15) is 27.2 Å². The monoisotopic (exact) mass is 432 g/mol. The summed E-state index contributed by atoms with van der Waals surface area (Å²) in [6.07, 6.45) is 1.54. The summed E-state index contributed by atoms with van der Waals surface area (Å²) in [5.74, 6) is -0.504. The fourth-order valence-electron chi connectivity index (χ4n) is 2.88. The van der Waals surface area contributed by atoms with Crippen molar-refractivity contribution in [3.63, 3.8) is 0 Å². The molecule has 29 heavy (non-hydrogen) atoms. The second-order valence-corrected chi connectivity index (χ2v) is 8.51. The summed E-state index contributed by atoms with van der Waals surface area (Å²) < 4.78 is 1.44. The quantitative estimate of drug-likeness (QED) is 0.669. The second-order valence-electron chi connectivity index (χ2n) is 6.90. The number of nitrogens with one attached hydrogen (secondary N) is 1. The molecule has 1 N–H and O–H groups in total. The Kier molecular flexibility index (Phi) is 6.04. The van der Waals surface area contributed by atoms with Crippen LogP contribution >= 0.6 is 22.9 Å². The number of rotatable bonds is 5. The zero-order valence-corrected chi connectivity index (χ0v) is 18.1. The van der Waals surface area contributed by atoms with Gasteiger partial charge in [0.15, 0.2) is 0 Å². The van der Waals surface area contributed by atoms with Gasteiger partial charge in [-0.25, -0.2) is 4.98 Å². The van der Waals surface area contributed by atoms with Crippen molar-refractivity contribution >= 4 is 50.7 Å². The van der Waals surface area contributed by atoms with Gasteiger partial charge in [0.1, 0.15) is 4.83 Å². The summed E-state index contributed by atoms with van der Waals surface area (Å²) in [5, 5.41) is 3.65. The lowest BCUT2D eigenvalue weighted by Crippen LogP contribution is -2.24. The molecule has 0 fully saturated rings. The van der Waals surface area contributed by atoms with E-state index in [4.69, 9.17) is 11.6 Å². The number of hydrogen-bond donors (Lipinski definition) is 1. The number of benzene rings is 1. The molecule has 0 spiro atoms. The van der Waals surface area contributed by atoms with Gasteiger partial charge in [0.25, 0.3) is 11.5 Å². The second kappa shape index (κ2) is 8.34. The molecule has 2 aromatic heterocycles. The van der Waals surface area contributed by atoms with Crippen molar-refractivity contribution in [1.82, 2.24) is 14.5 Å². The molecule has 7 nitrogen and oxygen atoms in total. The Morgan fingerprint density at radius 3 is 2.69 bits per heavy atom. The van der Waals surface area contributed by atoms with Crippen molar-refractivity contribution in [2.75, 3.05) is 19.4 Å². The number of thiophene rings is 1. The summed E-state index contributed by atoms with van der Waals surface area (Å²) >= 11 is 7.63. The van der Waals surface area contributed by atoms with Gasteiger partial charge in [-0.2, -0.15) is 0 Å². The minimum absolute atomic E-state index is 0.0669. The molecule has 0 atom stereocenters. The molecule has 3 rings (SSSR count). The minimum atomic E-state index is -0.313. The van der Waals surface area contributed by atoms with Crippen LogP contribution in [-0.4, -0.2) is 40.4 Å². The van der Waals surface area contributed by atoms with Gasteiger partial charge in [0, 0.05) is 37.5 Å². The van der Waals surface area contributed by atoms with E-state index >= 15 is 0 Å². The minimum Gasteiger partial charge on any atom is -0.345 e. The number of aromatic nitrogens is 2. The first-order valence-corrected chi connectivity index (χ1v) is 10.1. The number of amides is 2. The van der Waals surface area contributed by atoms with E-state index in [1.165, 1.54) is 27.1 Å².